The Balaban J connectivity index is 1.52. The summed E-state index contributed by atoms with van der Waals surface area (Å²) in [6, 6.07) is 11.0. The number of piperazine rings is 1. The fraction of sp³-hybridized carbons (Fsp3) is 0.235. The van der Waals surface area contributed by atoms with Gasteiger partial charge in [-0.25, -0.2) is 4.98 Å². The van der Waals surface area contributed by atoms with E-state index in [1.54, 1.807) is 6.07 Å². The number of carbonyl (C=O) groups excluding carboxylic acids is 1. The van der Waals surface area contributed by atoms with Gasteiger partial charge >= 0.3 is 0 Å². The summed E-state index contributed by atoms with van der Waals surface area (Å²) in [6.07, 6.45) is 0. The number of rotatable bonds is 2. The van der Waals surface area contributed by atoms with E-state index < -0.39 is 0 Å². The van der Waals surface area contributed by atoms with E-state index in [2.05, 4.69) is 9.97 Å². The first kappa shape index (κ1) is 14.9. The van der Waals surface area contributed by atoms with Crippen molar-refractivity contribution < 1.29 is 4.79 Å². The Hall–Kier alpha value is -2.67. The fourth-order valence-electron chi connectivity index (χ4n) is 2.90. The van der Waals surface area contributed by atoms with Gasteiger partial charge in [-0.3, -0.25) is 14.6 Å². The maximum absolute atomic E-state index is 12.4. The lowest BCUT2D eigenvalue weighted by molar-refractivity contribution is 0.0751. The van der Waals surface area contributed by atoms with Gasteiger partial charge in [0.15, 0.2) is 0 Å². The molecule has 0 saturated carbocycles. The molecule has 6 nitrogen and oxygen atoms in total. The molecule has 0 bridgehead atoms. The minimum atomic E-state index is -0.132. The highest BCUT2D eigenvalue weighted by Gasteiger charge is 2.24. The number of nitrogens with one attached hydrogen (secondary N) is 1. The van der Waals surface area contributed by atoms with Crippen molar-refractivity contribution in [2.24, 2.45) is 0 Å². The molecule has 0 radical (unpaired) electrons. The first-order valence-corrected chi connectivity index (χ1v) is 8.67. The summed E-state index contributed by atoms with van der Waals surface area (Å²) in [5.74, 6) is 0.645. The number of anilines is 1. The zero-order valence-electron chi connectivity index (χ0n) is 12.9. The van der Waals surface area contributed by atoms with E-state index in [1.807, 2.05) is 45.5 Å². The lowest BCUT2D eigenvalue weighted by Crippen LogP contribution is -2.49. The van der Waals surface area contributed by atoms with E-state index in [0.717, 1.165) is 4.88 Å². The van der Waals surface area contributed by atoms with E-state index in [-0.39, 0.29) is 11.5 Å². The van der Waals surface area contributed by atoms with Gasteiger partial charge in [-0.05, 0) is 23.6 Å². The molecule has 3 heterocycles. The summed E-state index contributed by atoms with van der Waals surface area (Å²) in [7, 11) is 0. The molecule has 1 saturated heterocycles. The number of hydrogen-bond acceptors (Lipinski definition) is 5. The average Bonchev–Trinajstić information content (AvgIpc) is 3.16. The highest BCUT2D eigenvalue weighted by atomic mass is 32.1. The SMILES string of the molecule is O=C(c1cccs1)N1CCN(c2nc3ccccc3c(=O)[nH]2)CC1. The molecule has 2 aromatic heterocycles. The van der Waals surface area contributed by atoms with Crippen LogP contribution in [0.25, 0.3) is 10.9 Å². The van der Waals surface area contributed by atoms with Gasteiger partial charge in [-0.1, -0.05) is 18.2 Å². The van der Waals surface area contributed by atoms with E-state index >= 15 is 0 Å². The van der Waals surface area contributed by atoms with Crippen molar-refractivity contribution in [3.05, 3.63) is 57.0 Å². The van der Waals surface area contributed by atoms with Gasteiger partial charge in [0, 0.05) is 26.2 Å². The highest BCUT2D eigenvalue weighted by molar-refractivity contribution is 7.12. The van der Waals surface area contributed by atoms with Crippen LogP contribution >= 0.6 is 11.3 Å². The van der Waals surface area contributed by atoms with Crippen molar-refractivity contribution >= 4 is 34.1 Å². The summed E-state index contributed by atoms with van der Waals surface area (Å²) >= 11 is 1.46. The van der Waals surface area contributed by atoms with Crippen LogP contribution in [-0.4, -0.2) is 47.0 Å². The second kappa shape index (κ2) is 6.09. The van der Waals surface area contributed by atoms with E-state index in [0.29, 0.717) is 43.0 Å². The molecule has 1 N–H and O–H groups in total. The number of fused-ring (bicyclic) bond motifs is 1. The van der Waals surface area contributed by atoms with Crippen LogP contribution in [0.15, 0.2) is 46.6 Å². The van der Waals surface area contributed by atoms with Crippen molar-refractivity contribution in [1.29, 1.82) is 0 Å². The molecular formula is C17H16N4O2S. The number of H-pyrrole nitrogens is 1. The Kier molecular flexibility index (Phi) is 3.78. The Bertz CT molecular complexity index is 927. The minimum Gasteiger partial charge on any atom is -0.339 e. The molecule has 1 aliphatic heterocycles. The topological polar surface area (TPSA) is 69.3 Å². The second-order valence-corrected chi connectivity index (χ2v) is 6.61. The summed E-state index contributed by atoms with van der Waals surface area (Å²) in [5, 5.41) is 2.50. The van der Waals surface area contributed by atoms with Gasteiger partial charge < -0.3 is 9.80 Å². The van der Waals surface area contributed by atoms with Crippen LogP contribution in [0.2, 0.25) is 0 Å². The molecule has 7 heteroatoms. The first-order chi connectivity index (χ1) is 11.7. The molecule has 1 aromatic carbocycles. The second-order valence-electron chi connectivity index (χ2n) is 5.66. The molecule has 0 aliphatic carbocycles. The number of benzene rings is 1. The van der Waals surface area contributed by atoms with Crippen molar-refractivity contribution in [2.75, 3.05) is 31.1 Å². The van der Waals surface area contributed by atoms with Gasteiger partial charge in [-0.2, -0.15) is 0 Å². The number of hydrogen-bond donors (Lipinski definition) is 1. The molecule has 24 heavy (non-hydrogen) atoms. The Morgan fingerprint density at radius 1 is 1.08 bits per heavy atom. The van der Waals surface area contributed by atoms with Crippen molar-refractivity contribution in [3.63, 3.8) is 0 Å². The van der Waals surface area contributed by atoms with Gasteiger partial charge in [-0.15, -0.1) is 11.3 Å². The summed E-state index contributed by atoms with van der Waals surface area (Å²) < 4.78 is 0. The zero-order valence-corrected chi connectivity index (χ0v) is 13.8. The van der Waals surface area contributed by atoms with Crippen molar-refractivity contribution in [2.45, 2.75) is 0 Å². The molecule has 4 rings (SSSR count). The monoisotopic (exact) mass is 340 g/mol. The van der Waals surface area contributed by atoms with Gasteiger partial charge in [0.1, 0.15) is 0 Å². The van der Waals surface area contributed by atoms with Gasteiger partial charge in [0.2, 0.25) is 5.95 Å². The molecular weight excluding hydrogens is 324 g/mol. The largest absolute Gasteiger partial charge is 0.339 e. The van der Waals surface area contributed by atoms with E-state index in [9.17, 15) is 9.59 Å². The third-order valence-electron chi connectivity index (χ3n) is 4.20. The molecule has 1 aliphatic rings. The highest BCUT2D eigenvalue weighted by Crippen LogP contribution is 2.17. The van der Waals surface area contributed by atoms with Crippen LogP contribution in [0.3, 0.4) is 0 Å². The summed E-state index contributed by atoms with van der Waals surface area (Å²) in [5.41, 5.74) is 0.557. The molecule has 0 unspecified atom stereocenters. The maximum atomic E-state index is 12.4. The van der Waals surface area contributed by atoms with Crippen LogP contribution in [-0.2, 0) is 0 Å². The van der Waals surface area contributed by atoms with Crippen LogP contribution in [0.4, 0.5) is 5.95 Å². The number of aromatic nitrogens is 2. The fourth-order valence-corrected chi connectivity index (χ4v) is 3.59. The Labute approximate surface area is 142 Å². The number of para-hydroxylation sites is 1. The molecule has 122 valence electrons. The summed E-state index contributed by atoms with van der Waals surface area (Å²) in [6.45, 7) is 2.54. The van der Waals surface area contributed by atoms with Gasteiger partial charge in [0.25, 0.3) is 11.5 Å². The summed E-state index contributed by atoms with van der Waals surface area (Å²) in [4.78, 5) is 36.6. The molecule has 0 atom stereocenters. The lowest BCUT2D eigenvalue weighted by Gasteiger charge is -2.34. The van der Waals surface area contributed by atoms with Crippen LogP contribution in [0, 0.1) is 0 Å². The third kappa shape index (κ3) is 2.67. The number of nitrogens with zero attached hydrogens (tertiary/aromatic N) is 3. The molecule has 3 aromatic rings. The molecule has 1 fully saturated rings. The maximum Gasteiger partial charge on any atom is 0.264 e. The van der Waals surface area contributed by atoms with Crippen molar-refractivity contribution in [3.8, 4) is 0 Å². The smallest absolute Gasteiger partial charge is 0.264 e. The minimum absolute atomic E-state index is 0.0737. The van der Waals surface area contributed by atoms with E-state index in [1.165, 1.54) is 11.3 Å². The predicted octanol–water partition coefficient (Wildman–Crippen LogP) is 1.95. The molecule has 0 spiro atoms. The Morgan fingerprint density at radius 3 is 2.62 bits per heavy atom. The van der Waals surface area contributed by atoms with Crippen molar-refractivity contribution in [1.82, 2.24) is 14.9 Å². The Morgan fingerprint density at radius 2 is 1.88 bits per heavy atom. The number of carbonyl (C=O) groups is 1. The van der Waals surface area contributed by atoms with Crippen LogP contribution in [0.1, 0.15) is 9.67 Å². The third-order valence-corrected chi connectivity index (χ3v) is 5.06. The number of thiophene rings is 1. The van der Waals surface area contributed by atoms with Crippen LogP contribution < -0.4 is 10.5 Å². The standard InChI is InChI=1S/C17H16N4O2S/c22-15-12-4-1-2-5-13(12)18-17(19-15)21-9-7-20(8-10-21)16(23)14-6-3-11-24-14/h1-6,11H,7-10H2,(H,18,19,22). The lowest BCUT2D eigenvalue weighted by atomic mass is 10.2. The zero-order chi connectivity index (χ0) is 16.5. The predicted molar refractivity (Wildman–Crippen MR) is 94.8 cm³/mol. The van der Waals surface area contributed by atoms with Crippen LogP contribution in [0.5, 0.6) is 0 Å². The molecule has 1 amide bonds. The first-order valence-electron chi connectivity index (χ1n) is 7.79. The number of amides is 1. The normalized spacial score (nSPS) is 15.0. The number of aromatic amines is 1. The quantitative estimate of drug-likeness (QED) is 0.774. The van der Waals surface area contributed by atoms with Gasteiger partial charge in [0.05, 0.1) is 15.8 Å². The van der Waals surface area contributed by atoms with E-state index in [4.69, 9.17) is 0 Å². The average molecular weight is 340 g/mol.